The third kappa shape index (κ3) is 4.30. The number of carboxylic acids is 1. The Morgan fingerprint density at radius 2 is 1.95 bits per heavy atom. The fraction of sp³-hybridized carbons (Fsp3) is 0.176. The number of hydrogen-bond acceptors (Lipinski definition) is 3. The van der Waals surface area contributed by atoms with Crippen molar-refractivity contribution >= 4 is 29.3 Å². The van der Waals surface area contributed by atoms with Gasteiger partial charge in [0, 0.05) is 10.4 Å². The first-order valence-corrected chi connectivity index (χ1v) is 7.87. The standard InChI is InChI=1S/C17H17NO3S/c1-2-4-12-6-8-13(9-7-12)16(19)18-15(17(20)21)11-14-5-3-10-22-14/h3,5-11H,2,4H2,1H3,(H,18,19)(H,20,21). The number of benzene rings is 1. The van der Waals surface area contributed by atoms with E-state index in [0.29, 0.717) is 5.56 Å². The van der Waals surface area contributed by atoms with Gasteiger partial charge in [0.15, 0.2) is 0 Å². The average Bonchev–Trinajstić information content (AvgIpc) is 3.00. The molecule has 5 heteroatoms. The number of carboxylic acid groups (broad SMARTS) is 1. The number of hydrogen-bond donors (Lipinski definition) is 2. The van der Waals surface area contributed by atoms with Gasteiger partial charge < -0.3 is 10.4 Å². The highest BCUT2D eigenvalue weighted by molar-refractivity contribution is 7.10. The van der Waals surface area contributed by atoms with E-state index < -0.39 is 11.9 Å². The molecule has 4 nitrogen and oxygen atoms in total. The minimum Gasteiger partial charge on any atom is -0.477 e. The number of nitrogens with one attached hydrogen (secondary N) is 1. The Hall–Kier alpha value is -2.40. The Balaban J connectivity index is 2.13. The molecule has 22 heavy (non-hydrogen) atoms. The zero-order valence-corrected chi connectivity index (χ0v) is 13.0. The monoisotopic (exact) mass is 315 g/mol. The average molecular weight is 315 g/mol. The van der Waals surface area contributed by atoms with E-state index in [1.54, 1.807) is 18.2 Å². The molecule has 114 valence electrons. The van der Waals surface area contributed by atoms with E-state index in [4.69, 9.17) is 0 Å². The summed E-state index contributed by atoms with van der Waals surface area (Å²) in [5, 5.41) is 13.5. The molecule has 1 heterocycles. The molecular weight excluding hydrogens is 298 g/mol. The SMILES string of the molecule is CCCc1ccc(C(=O)NC(=Cc2cccs2)C(=O)O)cc1. The molecule has 0 spiro atoms. The van der Waals surface area contributed by atoms with Crippen molar-refractivity contribution in [2.75, 3.05) is 0 Å². The fourth-order valence-electron chi connectivity index (χ4n) is 1.97. The van der Waals surface area contributed by atoms with Crippen molar-refractivity contribution in [3.63, 3.8) is 0 Å². The summed E-state index contributed by atoms with van der Waals surface area (Å²) in [7, 11) is 0. The smallest absolute Gasteiger partial charge is 0.352 e. The minimum atomic E-state index is -1.16. The second-order valence-corrected chi connectivity index (χ2v) is 5.76. The van der Waals surface area contributed by atoms with Crippen LogP contribution in [0.2, 0.25) is 0 Å². The van der Waals surface area contributed by atoms with Gasteiger partial charge in [-0.05, 0) is 41.6 Å². The second kappa shape index (κ2) is 7.56. The molecule has 0 aliphatic carbocycles. The summed E-state index contributed by atoms with van der Waals surface area (Å²) in [5.41, 5.74) is 1.47. The maximum absolute atomic E-state index is 12.1. The van der Waals surface area contributed by atoms with E-state index in [-0.39, 0.29) is 5.70 Å². The van der Waals surface area contributed by atoms with E-state index in [9.17, 15) is 14.7 Å². The molecule has 0 aliphatic heterocycles. The topological polar surface area (TPSA) is 66.4 Å². The zero-order valence-electron chi connectivity index (χ0n) is 12.2. The molecule has 0 bridgehead atoms. The van der Waals surface area contributed by atoms with E-state index >= 15 is 0 Å². The Bertz CT molecular complexity index is 672. The Morgan fingerprint density at radius 3 is 2.50 bits per heavy atom. The number of carbonyl (C=O) groups excluding carboxylic acids is 1. The zero-order chi connectivity index (χ0) is 15.9. The first kappa shape index (κ1) is 16.0. The van der Waals surface area contributed by atoms with E-state index in [1.807, 2.05) is 23.6 Å². The van der Waals surface area contributed by atoms with Gasteiger partial charge in [0.25, 0.3) is 5.91 Å². The third-order valence-corrected chi connectivity index (χ3v) is 3.88. The lowest BCUT2D eigenvalue weighted by Gasteiger charge is -2.06. The molecule has 1 aromatic heterocycles. The number of rotatable bonds is 6. The van der Waals surface area contributed by atoms with Crippen LogP contribution in [0.3, 0.4) is 0 Å². The predicted octanol–water partition coefficient (Wildman–Crippen LogP) is 3.56. The highest BCUT2D eigenvalue weighted by Gasteiger charge is 2.13. The molecule has 0 fully saturated rings. The van der Waals surface area contributed by atoms with Crippen LogP contribution >= 0.6 is 11.3 Å². The number of carbonyl (C=O) groups is 2. The quantitative estimate of drug-likeness (QED) is 0.801. The molecule has 0 unspecified atom stereocenters. The van der Waals surface area contributed by atoms with Gasteiger partial charge in [0.1, 0.15) is 5.70 Å². The first-order chi connectivity index (χ1) is 10.6. The predicted molar refractivity (Wildman–Crippen MR) is 87.8 cm³/mol. The van der Waals surface area contributed by atoms with E-state index in [2.05, 4.69) is 12.2 Å². The molecule has 2 N–H and O–H groups in total. The van der Waals surface area contributed by atoms with Gasteiger partial charge in [-0.1, -0.05) is 31.5 Å². The van der Waals surface area contributed by atoms with Crippen LogP contribution in [-0.4, -0.2) is 17.0 Å². The number of aliphatic carboxylic acids is 1. The van der Waals surface area contributed by atoms with Crippen molar-refractivity contribution in [1.29, 1.82) is 0 Å². The molecule has 1 aromatic carbocycles. The molecule has 2 rings (SSSR count). The Labute approximate surface area is 133 Å². The van der Waals surface area contributed by atoms with Crippen molar-refractivity contribution in [3.05, 3.63) is 63.5 Å². The normalized spacial score (nSPS) is 11.2. The maximum Gasteiger partial charge on any atom is 0.352 e. The summed E-state index contributed by atoms with van der Waals surface area (Å²) < 4.78 is 0. The van der Waals surface area contributed by atoms with Gasteiger partial charge in [-0.2, -0.15) is 0 Å². The molecule has 0 aliphatic rings. The highest BCUT2D eigenvalue weighted by Crippen LogP contribution is 2.13. The van der Waals surface area contributed by atoms with Gasteiger partial charge in [-0.25, -0.2) is 4.79 Å². The van der Waals surface area contributed by atoms with Crippen LogP contribution in [0.5, 0.6) is 0 Å². The third-order valence-electron chi connectivity index (χ3n) is 3.06. The Morgan fingerprint density at radius 1 is 1.23 bits per heavy atom. The van der Waals surface area contributed by atoms with Crippen LogP contribution < -0.4 is 5.32 Å². The summed E-state index contributed by atoms with van der Waals surface area (Å²) in [4.78, 5) is 24.2. The van der Waals surface area contributed by atoms with Gasteiger partial charge >= 0.3 is 5.97 Å². The lowest BCUT2D eigenvalue weighted by Crippen LogP contribution is -2.27. The van der Waals surface area contributed by atoms with Crippen LogP contribution in [0.15, 0.2) is 47.5 Å². The summed E-state index contributed by atoms with van der Waals surface area (Å²) in [6, 6.07) is 10.8. The molecule has 2 aromatic rings. The summed E-state index contributed by atoms with van der Waals surface area (Å²) in [6.07, 6.45) is 3.45. The summed E-state index contributed by atoms with van der Waals surface area (Å²) in [6.45, 7) is 2.09. The highest BCUT2D eigenvalue weighted by atomic mass is 32.1. The van der Waals surface area contributed by atoms with E-state index in [0.717, 1.165) is 23.3 Å². The van der Waals surface area contributed by atoms with Crippen molar-refractivity contribution in [2.45, 2.75) is 19.8 Å². The summed E-state index contributed by atoms with van der Waals surface area (Å²) >= 11 is 1.41. The van der Waals surface area contributed by atoms with Crippen molar-refractivity contribution in [2.24, 2.45) is 0 Å². The van der Waals surface area contributed by atoms with Crippen molar-refractivity contribution in [3.8, 4) is 0 Å². The van der Waals surface area contributed by atoms with Crippen molar-refractivity contribution in [1.82, 2.24) is 5.32 Å². The molecule has 0 saturated heterocycles. The largest absolute Gasteiger partial charge is 0.477 e. The molecular formula is C17H17NO3S. The van der Waals surface area contributed by atoms with Crippen LogP contribution in [0.4, 0.5) is 0 Å². The van der Waals surface area contributed by atoms with Crippen molar-refractivity contribution < 1.29 is 14.7 Å². The van der Waals surface area contributed by atoms with Crippen LogP contribution in [0.1, 0.15) is 34.1 Å². The molecule has 0 saturated carbocycles. The van der Waals surface area contributed by atoms with Crippen LogP contribution in [0, 0.1) is 0 Å². The number of aryl methyl sites for hydroxylation is 1. The molecule has 0 radical (unpaired) electrons. The minimum absolute atomic E-state index is 0.134. The number of thiophene rings is 1. The Kier molecular flexibility index (Phi) is 5.49. The lowest BCUT2D eigenvalue weighted by molar-refractivity contribution is -0.132. The second-order valence-electron chi connectivity index (χ2n) is 4.78. The van der Waals surface area contributed by atoms with Gasteiger partial charge in [-0.15, -0.1) is 11.3 Å². The first-order valence-electron chi connectivity index (χ1n) is 6.99. The van der Waals surface area contributed by atoms with Gasteiger partial charge in [0.2, 0.25) is 0 Å². The van der Waals surface area contributed by atoms with Crippen LogP contribution in [0.25, 0.3) is 6.08 Å². The lowest BCUT2D eigenvalue weighted by atomic mass is 10.1. The molecule has 0 atom stereocenters. The maximum atomic E-state index is 12.1. The van der Waals surface area contributed by atoms with E-state index in [1.165, 1.54) is 17.4 Å². The summed E-state index contributed by atoms with van der Waals surface area (Å²) in [5.74, 6) is -1.59. The van der Waals surface area contributed by atoms with Gasteiger partial charge in [0.05, 0.1) is 0 Å². The van der Waals surface area contributed by atoms with Crippen LogP contribution in [-0.2, 0) is 11.2 Å². The molecule has 1 amide bonds. The fourth-order valence-corrected chi connectivity index (χ4v) is 2.63. The number of amides is 1. The van der Waals surface area contributed by atoms with Gasteiger partial charge in [-0.3, -0.25) is 4.79 Å².